The van der Waals surface area contributed by atoms with Crippen LogP contribution in [-0.4, -0.2) is 194 Å². The highest BCUT2D eigenvalue weighted by Gasteiger charge is 2.50. The Bertz CT molecular complexity index is 1320. The van der Waals surface area contributed by atoms with Crippen molar-refractivity contribution < 1.29 is 73.7 Å². The Hall–Kier alpha value is 1.53. The van der Waals surface area contributed by atoms with E-state index in [-0.39, 0.29) is 45.6 Å². The summed E-state index contributed by atoms with van der Waals surface area (Å²) in [5, 5.41) is 55.7. The SMILES string of the molecule is CC(CO)(CO)COCCC[Si](C)(O[Si](C)(C)C)O[Si](C)(C)C.CCC(CO)(CO)COCCC[Si](C)(O[Si](C)(C)C)O[Si](C)(C)C.C[Si](C)(C)O[Si](CCCOCC(CO)CO)(O[Si](C)(C)C)O[Si](C)(C)C. The van der Waals surface area contributed by atoms with Gasteiger partial charge < -0.3 is 73.7 Å². The smallest absolute Gasteiger partial charge is 0.437 e. The van der Waals surface area contributed by atoms with Crippen molar-refractivity contribution in [1.29, 1.82) is 0 Å². The summed E-state index contributed by atoms with van der Waals surface area (Å²) in [5.41, 5.74) is -1.09. The monoisotopic (exact) mass is 1220 g/mol. The third-order valence-electron chi connectivity index (χ3n) is 10.00. The summed E-state index contributed by atoms with van der Waals surface area (Å²) in [6, 6.07) is 2.57. The summed E-state index contributed by atoms with van der Waals surface area (Å²) < 4.78 is 62.7. The van der Waals surface area contributed by atoms with Crippen LogP contribution in [0.5, 0.6) is 0 Å². The minimum absolute atomic E-state index is 0.0517. The van der Waals surface area contributed by atoms with E-state index in [4.69, 9.17) is 53.2 Å². The van der Waals surface area contributed by atoms with Crippen LogP contribution < -0.4 is 0 Å². The molecule has 0 rings (SSSR count). The molecule has 0 amide bonds. The van der Waals surface area contributed by atoms with Gasteiger partial charge in [-0.1, -0.05) is 13.8 Å². The van der Waals surface area contributed by atoms with Gasteiger partial charge in [0.15, 0.2) is 58.2 Å². The van der Waals surface area contributed by atoms with E-state index >= 15 is 0 Å². The quantitative estimate of drug-likeness (QED) is 0.0250. The largest absolute Gasteiger partial charge is 0.469 e. The van der Waals surface area contributed by atoms with Gasteiger partial charge in [-0.3, -0.25) is 0 Å². The summed E-state index contributed by atoms with van der Waals surface area (Å²) in [5.74, 6) is -0.216. The Balaban J connectivity index is -0.00000101. The zero-order valence-corrected chi connectivity index (χ0v) is 61.8. The van der Waals surface area contributed by atoms with Crippen molar-refractivity contribution in [2.24, 2.45) is 16.7 Å². The summed E-state index contributed by atoms with van der Waals surface area (Å²) >= 11 is 0. The molecule has 0 aromatic carbocycles. The highest BCUT2D eigenvalue weighted by molar-refractivity contribution is 6.90. The van der Waals surface area contributed by atoms with E-state index in [0.29, 0.717) is 46.1 Å². The lowest BCUT2D eigenvalue weighted by atomic mass is 9.88. The molecule has 0 spiro atoms. The van der Waals surface area contributed by atoms with Crippen LogP contribution in [0.2, 0.25) is 169 Å². The number of ether oxygens (including phenoxy) is 3. The maximum atomic E-state index is 9.45. The van der Waals surface area contributed by atoms with E-state index in [1.807, 2.05) is 13.8 Å². The van der Waals surface area contributed by atoms with Crippen LogP contribution >= 0.6 is 0 Å². The molecule has 0 aliphatic rings. The van der Waals surface area contributed by atoms with Crippen molar-refractivity contribution in [3.63, 3.8) is 0 Å². The molecule has 0 radical (unpaired) electrons. The third-order valence-corrected chi connectivity index (χ3v) is 41.3. The van der Waals surface area contributed by atoms with Gasteiger partial charge in [0.2, 0.25) is 0 Å². The van der Waals surface area contributed by atoms with Crippen molar-refractivity contribution in [3.8, 4) is 0 Å². The lowest BCUT2D eigenvalue weighted by Crippen LogP contribution is -2.60. The van der Waals surface area contributed by atoms with Crippen molar-refractivity contribution in [2.45, 2.75) is 208 Å². The lowest BCUT2D eigenvalue weighted by molar-refractivity contribution is -0.0298. The first-order valence-electron chi connectivity index (χ1n) is 27.0. The molecule has 6 N–H and O–H groups in total. The summed E-state index contributed by atoms with van der Waals surface area (Å²) in [6.45, 7) is 56.7. The zero-order chi connectivity index (χ0) is 58.1. The Morgan fingerprint density at radius 1 is 0.370 bits per heavy atom. The van der Waals surface area contributed by atoms with Gasteiger partial charge in [-0.15, -0.1) is 0 Å². The van der Waals surface area contributed by atoms with E-state index in [0.717, 1.165) is 37.4 Å². The molecule has 73 heavy (non-hydrogen) atoms. The standard InChI is InChI=1S/C16H42O6Si4.C16H40O5Si3.C15H38O5Si3/c1-23(2,3)20-26(21-24(4,5)6,22-25(7,8)9)12-10-11-19-15-16(13-17)14-18;1-9-16(13-17,14-18)15-19-11-10-12-24(8,20-22(2,3)4)21-23(5,6)7;1-15(12-16,13-17)14-18-10-9-11-23(8,19-21(2,3)4)20-22(5,6)7/h16-18H,10-15H2,1-9H3;17-18H,9-15H2,1-8H3;16-17H,9-14H2,1-8H3. The second kappa shape index (κ2) is 34.7. The van der Waals surface area contributed by atoms with Gasteiger partial charge in [-0.25, -0.2) is 0 Å². The lowest BCUT2D eigenvalue weighted by Gasteiger charge is -2.42. The number of rotatable bonds is 39. The first-order valence-corrected chi connectivity index (χ1v) is 57.8. The molecule has 0 aromatic rings. The van der Waals surface area contributed by atoms with Gasteiger partial charge in [0, 0.05) is 42.6 Å². The molecule has 0 heterocycles. The maximum absolute atomic E-state index is 9.45. The topological polar surface area (TPSA) is 214 Å². The average molecular weight is 1220 g/mol. The van der Waals surface area contributed by atoms with Crippen LogP contribution in [0.25, 0.3) is 0 Å². The summed E-state index contributed by atoms with van der Waals surface area (Å²) in [7, 11) is -19.3. The fourth-order valence-corrected chi connectivity index (χ4v) is 47.1. The number of hydrogen-bond donors (Lipinski definition) is 6. The highest BCUT2D eigenvalue weighted by atomic mass is 28.5. The molecule has 444 valence electrons. The van der Waals surface area contributed by atoms with Crippen molar-refractivity contribution in [1.82, 2.24) is 0 Å². The Morgan fingerprint density at radius 3 is 0.918 bits per heavy atom. The zero-order valence-electron chi connectivity index (χ0n) is 51.8. The molecule has 0 saturated heterocycles. The molecule has 0 saturated carbocycles. The fraction of sp³-hybridized carbons (Fsp3) is 1.00. The highest BCUT2D eigenvalue weighted by Crippen LogP contribution is 2.31. The minimum Gasteiger partial charge on any atom is -0.437 e. The van der Waals surface area contributed by atoms with Gasteiger partial charge in [-0.05, 0) is 188 Å². The van der Waals surface area contributed by atoms with E-state index in [1.165, 1.54) is 0 Å². The van der Waals surface area contributed by atoms with E-state index in [2.05, 4.69) is 151 Å². The van der Waals surface area contributed by atoms with E-state index < -0.39 is 95.0 Å². The average Bonchev–Trinajstić information content (AvgIpc) is 3.16. The molecule has 0 fully saturated rings. The molecule has 0 unspecified atom stereocenters. The third kappa shape index (κ3) is 44.9. The second-order valence-corrected chi connectivity index (χ2v) is 70.2. The van der Waals surface area contributed by atoms with E-state index in [1.54, 1.807) is 0 Å². The minimum atomic E-state index is -2.79. The van der Waals surface area contributed by atoms with Crippen LogP contribution in [0.1, 0.15) is 39.5 Å². The predicted octanol–water partition coefficient (Wildman–Crippen LogP) is 10.2. The first-order chi connectivity index (χ1) is 32.7. The molecule has 0 aliphatic carbocycles. The van der Waals surface area contributed by atoms with Crippen molar-refractivity contribution >= 4 is 84.1 Å². The predicted molar refractivity (Wildman–Crippen MR) is 328 cm³/mol. The van der Waals surface area contributed by atoms with Gasteiger partial charge in [0.25, 0.3) is 0 Å². The van der Waals surface area contributed by atoms with Gasteiger partial charge >= 0.3 is 25.9 Å². The Kier molecular flexibility index (Phi) is 37.5. The normalized spacial score (nSPS) is 14.3. The second-order valence-electron chi connectivity index (χ2n) is 27.5. The van der Waals surface area contributed by atoms with E-state index in [9.17, 15) is 20.4 Å². The summed E-state index contributed by atoms with van der Waals surface area (Å²) in [6.07, 6.45) is 3.25. The van der Waals surface area contributed by atoms with Crippen molar-refractivity contribution in [2.75, 3.05) is 79.3 Å². The molecule has 26 heteroatoms. The molecule has 0 atom stereocenters. The number of hydrogen-bond acceptors (Lipinski definition) is 16. The molecule has 0 bridgehead atoms. The molecule has 0 aromatic heterocycles. The number of aliphatic hydroxyl groups excluding tert-OH is 6. The number of aliphatic hydroxyl groups is 6. The molecule has 16 nitrogen and oxygen atoms in total. The Labute approximate surface area is 459 Å². The summed E-state index contributed by atoms with van der Waals surface area (Å²) in [4.78, 5) is 0. The maximum Gasteiger partial charge on any atom is 0.469 e. The van der Waals surface area contributed by atoms with Gasteiger partial charge in [-0.2, -0.15) is 0 Å². The van der Waals surface area contributed by atoms with Crippen molar-refractivity contribution in [3.05, 3.63) is 0 Å². The first kappa shape index (κ1) is 78.8. The van der Waals surface area contributed by atoms with Crippen LogP contribution in [0.15, 0.2) is 0 Å². The Morgan fingerprint density at radius 2 is 0.658 bits per heavy atom. The van der Waals surface area contributed by atoms with Crippen LogP contribution in [0, 0.1) is 16.7 Å². The van der Waals surface area contributed by atoms with Crippen LogP contribution in [0.3, 0.4) is 0 Å². The van der Waals surface area contributed by atoms with Gasteiger partial charge in [0.05, 0.1) is 59.5 Å². The van der Waals surface area contributed by atoms with Crippen LogP contribution in [0.4, 0.5) is 0 Å². The molecule has 0 aliphatic heterocycles. The van der Waals surface area contributed by atoms with Crippen LogP contribution in [-0.2, 0) is 43.0 Å². The van der Waals surface area contributed by atoms with Gasteiger partial charge in [0.1, 0.15) is 0 Å². The molecular weight excluding hydrogens is 1100 g/mol. The molecular formula is C47H120O16Si10. The fourth-order valence-electron chi connectivity index (χ4n) is 7.46.